The van der Waals surface area contributed by atoms with Crippen LogP contribution in [0.4, 0.5) is 0 Å². The average Bonchev–Trinajstić information content (AvgIpc) is 2.92. The van der Waals surface area contributed by atoms with Crippen molar-refractivity contribution in [3.63, 3.8) is 0 Å². The fourth-order valence-electron chi connectivity index (χ4n) is 4.71. The van der Waals surface area contributed by atoms with Gasteiger partial charge in [-0.05, 0) is 47.4 Å². The third kappa shape index (κ3) is 6.25. The van der Waals surface area contributed by atoms with Crippen LogP contribution in [0.5, 0.6) is 11.5 Å². The Morgan fingerprint density at radius 1 is 0.974 bits per heavy atom. The number of hydrogen-bond donors (Lipinski definition) is 2. The molecule has 0 bridgehead atoms. The molecule has 202 valence electrons. The number of nitrogens with one attached hydrogen (secondary N) is 2. The van der Waals surface area contributed by atoms with Crippen LogP contribution in [-0.4, -0.2) is 63.9 Å². The van der Waals surface area contributed by atoms with E-state index in [-0.39, 0.29) is 42.3 Å². The van der Waals surface area contributed by atoms with Gasteiger partial charge < -0.3 is 20.1 Å². The SMILES string of the molecule is COc1ccc(CC(NC(C)=O)C(=O)NC2CCN(S(=O)(=O)c3ccc4ccccc4c3)CC2)c(OC)c1. The number of nitrogens with zero attached hydrogens (tertiary/aromatic N) is 1. The van der Waals surface area contributed by atoms with Gasteiger partial charge in [0.1, 0.15) is 17.5 Å². The molecule has 1 aliphatic heterocycles. The third-order valence-electron chi connectivity index (χ3n) is 6.77. The molecule has 1 heterocycles. The number of ether oxygens (including phenoxy) is 2. The number of amides is 2. The molecule has 0 aromatic heterocycles. The molecule has 3 aromatic rings. The first-order valence-corrected chi connectivity index (χ1v) is 13.9. The predicted molar refractivity (Wildman–Crippen MR) is 145 cm³/mol. The number of carbonyl (C=O) groups is 2. The van der Waals surface area contributed by atoms with Crippen molar-refractivity contribution in [2.45, 2.75) is 43.2 Å². The van der Waals surface area contributed by atoms with Crippen molar-refractivity contribution in [1.29, 1.82) is 0 Å². The second kappa shape index (κ2) is 11.8. The number of sulfonamides is 1. The fourth-order valence-corrected chi connectivity index (χ4v) is 6.22. The van der Waals surface area contributed by atoms with Crippen molar-refractivity contribution in [1.82, 2.24) is 14.9 Å². The van der Waals surface area contributed by atoms with Gasteiger partial charge in [0, 0.05) is 38.5 Å². The zero-order valence-corrected chi connectivity index (χ0v) is 22.6. The van der Waals surface area contributed by atoms with Gasteiger partial charge in [0.15, 0.2) is 0 Å². The molecule has 38 heavy (non-hydrogen) atoms. The van der Waals surface area contributed by atoms with Crippen LogP contribution in [-0.2, 0) is 26.0 Å². The number of fused-ring (bicyclic) bond motifs is 1. The molecule has 1 unspecified atom stereocenters. The van der Waals surface area contributed by atoms with E-state index in [2.05, 4.69) is 10.6 Å². The second-order valence-electron chi connectivity index (χ2n) is 9.33. The smallest absolute Gasteiger partial charge is 0.243 e. The molecule has 10 heteroatoms. The second-order valence-corrected chi connectivity index (χ2v) is 11.3. The van der Waals surface area contributed by atoms with Crippen LogP contribution in [0.3, 0.4) is 0 Å². The van der Waals surface area contributed by atoms with Crippen LogP contribution < -0.4 is 20.1 Å². The van der Waals surface area contributed by atoms with Crippen LogP contribution in [0, 0.1) is 0 Å². The molecule has 0 saturated carbocycles. The lowest BCUT2D eigenvalue weighted by molar-refractivity contribution is -0.128. The van der Waals surface area contributed by atoms with Gasteiger partial charge in [-0.15, -0.1) is 0 Å². The summed E-state index contributed by atoms with van der Waals surface area (Å²) in [5.41, 5.74) is 0.749. The highest BCUT2D eigenvalue weighted by molar-refractivity contribution is 7.89. The van der Waals surface area contributed by atoms with Gasteiger partial charge in [0.2, 0.25) is 21.8 Å². The predicted octanol–water partition coefficient (Wildman–Crippen LogP) is 2.87. The Labute approximate surface area is 223 Å². The van der Waals surface area contributed by atoms with Crippen LogP contribution in [0.2, 0.25) is 0 Å². The molecular weight excluding hydrogens is 506 g/mol. The minimum atomic E-state index is -3.65. The minimum absolute atomic E-state index is 0.209. The molecule has 2 amide bonds. The van der Waals surface area contributed by atoms with E-state index >= 15 is 0 Å². The summed E-state index contributed by atoms with van der Waals surface area (Å²) in [6.45, 7) is 1.94. The lowest BCUT2D eigenvalue weighted by Gasteiger charge is -2.32. The van der Waals surface area contributed by atoms with Crippen LogP contribution in [0.15, 0.2) is 65.6 Å². The van der Waals surface area contributed by atoms with E-state index in [4.69, 9.17) is 9.47 Å². The van der Waals surface area contributed by atoms with E-state index in [1.807, 2.05) is 30.3 Å². The van der Waals surface area contributed by atoms with E-state index in [1.165, 1.54) is 18.3 Å². The Hall–Kier alpha value is -3.63. The van der Waals surface area contributed by atoms with Crippen molar-refractivity contribution in [3.8, 4) is 11.5 Å². The van der Waals surface area contributed by atoms with E-state index in [9.17, 15) is 18.0 Å². The zero-order valence-electron chi connectivity index (χ0n) is 21.8. The molecule has 0 radical (unpaired) electrons. The standard InChI is InChI=1S/C28H33N3O6S/c1-19(32)29-26(17-22-8-10-24(36-2)18-27(22)37-3)28(33)30-23-12-14-31(15-13-23)38(34,35)25-11-9-20-6-4-5-7-21(20)16-25/h4-11,16,18,23,26H,12-15,17H2,1-3H3,(H,29,32)(H,30,33). The molecule has 0 spiro atoms. The molecule has 3 aromatic carbocycles. The van der Waals surface area contributed by atoms with Gasteiger partial charge in [-0.2, -0.15) is 4.31 Å². The van der Waals surface area contributed by atoms with Crippen molar-refractivity contribution in [2.24, 2.45) is 0 Å². The van der Waals surface area contributed by atoms with Gasteiger partial charge in [-0.1, -0.05) is 36.4 Å². The van der Waals surface area contributed by atoms with Gasteiger partial charge >= 0.3 is 0 Å². The molecule has 1 aliphatic rings. The summed E-state index contributed by atoms with van der Waals surface area (Å²) in [6.07, 6.45) is 1.17. The summed E-state index contributed by atoms with van der Waals surface area (Å²) in [4.78, 5) is 25.3. The maximum absolute atomic E-state index is 13.3. The summed E-state index contributed by atoms with van der Waals surface area (Å²) in [7, 11) is -0.563. The Kier molecular flexibility index (Phi) is 8.53. The molecule has 1 fully saturated rings. The molecule has 1 atom stereocenters. The first kappa shape index (κ1) is 27.4. The first-order chi connectivity index (χ1) is 18.2. The molecule has 2 N–H and O–H groups in total. The number of piperidine rings is 1. The number of benzene rings is 3. The summed E-state index contributed by atoms with van der Waals surface area (Å²) < 4.78 is 38.7. The highest BCUT2D eigenvalue weighted by Crippen LogP contribution is 2.27. The number of hydrogen-bond acceptors (Lipinski definition) is 6. The summed E-state index contributed by atoms with van der Waals surface area (Å²) in [6, 6.07) is 17.1. The van der Waals surface area contributed by atoms with Crippen LogP contribution in [0.25, 0.3) is 10.8 Å². The number of methoxy groups -OCH3 is 2. The maximum atomic E-state index is 13.3. The Balaban J connectivity index is 1.40. The maximum Gasteiger partial charge on any atom is 0.243 e. The Morgan fingerprint density at radius 2 is 1.68 bits per heavy atom. The number of rotatable bonds is 9. The van der Waals surface area contributed by atoms with Crippen LogP contribution >= 0.6 is 0 Å². The van der Waals surface area contributed by atoms with Gasteiger partial charge in [0.05, 0.1) is 19.1 Å². The van der Waals surface area contributed by atoms with E-state index in [0.717, 1.165) is 16.3 Å². The molecule has 1 saturated heterocycles. The first-order valence-electron chi connectivity index (χ1n) is 12.5. The molecule has 4 rings (SSSR count). The van der Waals surface area contributed by atoms with Gasteiger partial charge in [-0.25, -0.2) is 8.42 Å². The summed E-state index contributed by atoms with van der Waals surface area (Å²) in [5, 5.41) is 7.57. The third-order valence-corrected chi connectivity index (χ3v) is 8.67. The quantitative estimate of drug-likeness (QED) is 0.432. The lowest BCUT2D eigenvalue weighted by atomic mass is 10.0. The monoisotopic (exact) mass is 539 g/mol. The topological polar surface area (TPSA) is 114 Å². The van der Waals surface area contributed by atoms with Crippen molar-refractivity contribution < 1.29 is 27.5 Å². The highest BCUT2D eigenvalue weighted by Gasteiger charge is 2.31. The van der Waals surface area contributed by atoms with Gasteiger partial charge in [0.25, 0.3) is 0 Å². The fraction of sp³-hybridized carbons (Fsp3) is 0.357. The normalized spacial score (nSPS) is 15.6. The minimum Gasteiger partial charge on any atom is -0.497 e. The largest absolute Gasteiger partial charge is 0.497 e. The van der Waals surface area contributed by atoms with Crippen molar-refractivity contribution in [3.05, 3.63) is 66.2 Å². The van der Waals surface area contributed by atoms with Gasteiger partial charge in [-0.3, -0.25) is 9.59 Å². The van der Waals surface area contributed by atoms with Crippen molar-refractivity contribution in [2.75, 3.05) is 27.3 Å². The Morgan fingerprint density at radius 3 is 2.34 bits per heavy atom. The van der Waals surface area contributed by atoms with Crippen LogP contribution in [0.1, 0.15) is 25.3 Å². The Bertz CT molecular complexity index is 1420. The molecular formula is C28H33N3O6S. The van der Waals surface area contributed by atoms with Crippen molar-refractivity contribution >= 4 is 32.6 Å². The molecule has 9 nitrogen and oxygen atoms in total. The van der Waals surface area contributed by atoms with E-state index < -0.39 is 16.1 Å². The van der Waals surface area contributed by atoms with E-state index in [0.29, 0.717) is 24.3 Å². The van der Waals surface area contributed by atoms with E-state index in [1.54, 1.807) is 37.4 Å². The zero-order chi connectivity index (χ0) is 27.3. The summed E-state index contributed by atoms with van der Waals surface area (Å²) >= 11 is 0. The summed E-state index contributed by atoms with van der Waals surface area (Å²) in [5.74, 6) is 0.527. The number of carbonyl (C=O) groups excluding carboxylic acids is 2. The molecule has 0 aliphatic carbocycles. The highest BCUT2D eigenvalue weighted by atomic mass is 32.2. The average molecular weight is 540 g/mol. The lowest BCUT2D eigenvalue weighted by Crippen LogP contribution is -2.53.